The van der Waals surface area contributed by atoms with Crippen molar-refractivity contribution >= 4 is 11.6 Å². The largest absolute Gasteiger partial charge is 0.505 e. The molecule has 0 aromatic heterocycles. The molecule has 3 N–H and O–H groups in total. The van der Waals surface area contributed by atoms with Crippen molar-refractivity contribution in [3.63, 3.8) is 0 Å². The molecule has 1 heterocycles. The van der Waals surface area contributed by atoms with Crippen molar-refractivity contribution in [1.29, 1.82) is 0 Å². The Morgan fingerprint density at radius 2 is 2.15 bits per heavy atom. The number of carbonyl (C=O) groups is 1. The van der Waals surface area contributed by atoms with Crippen LogP contribution in [0.5, 0.6) is 5.75 Å². The van der Waals surface area contributed by atoms with Gasteiger partial charge in [0.05, 0.1) is 11.7 Å². The molecule has 1 saturated carbocycles. The average Bonchev–Trinajstić information content (AvgIpc) is 2.88. The van der Waals surface area contributed by atoms with Crippen molar-refractivity contribution in [3.05, 3.63) is 23.8 Å². The lowest BCUT2D eigenvalue weighted by Crippen LogP contribution is -2.39. The fourth-order valence-electron chi connectivity index (χ4n) is 3.50. The fourth-order valence-corrected chi connectivity index (χ4v) is 3.50. The van der Waals surface area contributed by atoms with Crippen molar-refractivity contribution < 1.29 is 9.90 Å². The Balaban J connectivity index is 1.66. The normalized spacial score (nSPS) is 28.9. The second kappa shape index (κ2) is 5.44. The number of para-hydroxylation sites is 1. The molecular formula is C16H22N2O2. The first-order valence-electron chi connectivity index (χ1n) is 7.50. The highest BCUT2D eigenvalue weighted by Crippen LogP contribution is 2.34. The lowest BCUT2D eigenvalue weighted by molar-refractivity contribution is -0.117. The van der Waals surface area contributed by atoms with Crippen LogP contribution in [0.4, 0.5) is 5.69 Å². The molecular weight excluding hydrogens is 252 g/mol. The minimum Gasteiger partial charge on any atom is -0.505 e. The fraction of sp³-hybridized carbons (Fsp3) is 0.562. The summed E-state index contributed by atoms with van der Waals surface area (Å²) in [5, 5.41) is 16.3. The molecule has 1 aliphatic carbocycles. The van der Waals surface area contributed by atoms with Gasteiger partial charge >= 0.3 is 0 Å². The number of benzene rings is 1. The maximum atomic E-state index is 12.3. The first-order chi connectivity index (χ1) is 9.65. The number of hydrogen-bond donors (Lipinski definition) is 3. The first-order valence-corrected chi connectivity index (χ1v) is 7.50. The molecule has 2 aliphatic rings. The SMILES string of the molecule is Cc1cccc(NC(=O)C2CC3CCCCC3N2)c1O. The van der Waals surface area contributed by atoms with E-state index in [2.05, 4.69) is 10.6 Å². The Labute approximate surface area is 119 Å². The number of aromatic hydroxyl groups is 1. The first kappa shape index (κ1) is 13.4. The van der Waals surface area contributed by atoms with Crippen LogP contribution >= 0.6 is 0 Å². The molecule has 3 unspecified atom stereocenters. The van der Waals surface area contributed by atoms with Crippen LogP contribution in [0.25, 0.3) is 0 Å². The zero-order valence-electron chi connectivity index (χ0n) is 11.9. The molecule has 1 saturated heterocycles. The number of fused-ring (bicyclic) bond motifs is 1. The molecule has 3 rings (SSSR count). The smallest absolute Gasteiger partial charge is 0.241 e. The monoisotopic (exact) mass is 274 g/mol. The Bertz CT molecular complexity index is 501. The van der Waals surface area contributed by atoms with E-state index in [1.54, 1.807) is 6.07 Å². The molecule has 4 heteroatoms. The molecule has 2 fully saturated rings. The minimum absolute atomic E-state index is 0.0275. The van der Waals surface area contributed by atoms with Gasteiger partial charge in [-0.1, -0.05) is 25.0 Å². The number of amides is 1. The summed E-state index contributed by atoms with van der Waals surface area (Å²) in [4.78, 5) is 12.3. The van der Waals surface area contributed by atoms with Gasteiger partial charge in [-0.3, -0.25) is 4.79 Å². The van der Waals surface area contributed by atoms with Crippen LogP contribution in [0, 0.1) is 12.8 Å². The predicted molar refractivity (Wildman–Crippen MR) is 78.8 cm³/mol. The second-order valence-electron chi connectivity index (χ2n) is 6.07. The highest BCUT2D eigenvalue weighted by Gasteiger charge is 2.38. The highest BCUT2D eigenvalue weighted by molar-refractivity contribution is 5.96. The quantitative estimate of drug-likeness (QED) is 0.726. The third-order valence-electron chi connectivity index (χ3n) is 4.67. The molecule has 20 heavy (non-hydrogen) atoms. The van der Waals surface area contributed by atoms with Gasteiger partial charge < -0.3 is 15.7 Å². The van der Waals surface area contributed by atoms with Crippen LogP contribution in [-0.4, -0.2) is 23.1 Å². The van der Waals surface area contributed by atoms with Crippen LogP contribution < -0.4 is 10.6 Å². The molecule has 1 aliphatic heterocycles. The number of phenolic OH excluding ortho intramolecular Hbond substituents is 1. The van der Waals surface area contributed by atoms with Crippen molar-refractivity contribution in [3.8, 4) is 5.75 Å². The number of rotatable bonds is 2. The summed E-state index contributed by atoms with van der Waals surface area (Å²) in [5.74, 6) is 0.780. The zero-order valence-corrected chi connectivity index (χ0v) is 11.9. The number of anilines is 1. The minimum atomic E-state index is -0.122. The summed E-state index contributed by atoms with van der Waals surface area (Å²) in [6, 6.07) is 5.79. The van der Waals surface area contributed by atoms with Crippen molar-refractivity contribution in [2.75, 3.05) is 5.32 Å². The lowest BCUT2D eigenvalue weighted by atomic mass is 9.85. The van der Waals surface area contributed by atoms with E-state index in [-0.39, 0.29) is 17.7 Å². The molecule has 0 spiro atoms. The van der Waals surface area contributed by atoms with Gasteiger partial charge in [-0.15, -0.1) is 0 Å². The Morgan fingerprint density at radius 3 is 2.95 bits per heavy atom. The van der Waals surface area contributed by atoms with E-state index in [9.17, 15) is 9.90 Å². The van der Waals surface area contributed by atoms with Gasteiger partial charge in [-0.2, -0.15) is 0 Å². The third kappa shape index (κ3) is 2.52. The van der Waals surface area contributed by atoms with Gasteiger partial charge in [0.1, 0.15) is 5.75 Å². The predicted octanol–water partition coefficient (Wildman–Crippen LogP) is 2.56. The number of aryl methyl sites for hydroxylation is 1. The van der Waals surface area contributed by atoms with E-state index >= 15 is 0 Å². The van der Waals surface area contributed by atoms with E-state index in [4.69, 9.17) is 0 Å². The number of nitrogens with one attached hydrogen (secondary N) is 2. The molecule has 1 aromatic carbocycles. The summed E-state index contributed by atoms with van der Waals surface area (Å²) in [7, 11) is 0. The Hall–Kier alpha value is -1.55. The number of phenols is 1. The average molecular weight is 274 g/mol. The molecule has 4 nitrogen and oxygen atoms in total. The molecule has 1 amide bonds. The van der Waals surface area contributed by atoms with E-state index in [1.165, 1.54) is 25.7 Å². The summed E-state index contributed by atoms with van der Waals surface area (Å²) in [6.07, 6.45) is 5.89. The van der Waals surface area contributed by atoms with E-state index in [1.807, 2.05) is 19.1 Å². The van der Waals surface area contributed by atoms with Crippen molar-refractivity contribution in [2.24, 2.45) is 5.92 Å². The van der Waals surface area contributed by atoms with Gasteiger partial charge in [-0.25, -0.2) is 0 Å². The molecule has 108 valence electrons. The maximum absolute atomic E-state index is 12.3. The summed E-state index contributed by atoms with van der Waals surface area (Å²) < 4.78 is 0. The highest BCUT2D eigenvalue weighted by atomic mass is 16.3. The molecule has 0 bridgehead atoms. The summed E-state index contributed by atoms with van der Waals surface area (Å²) in [5.41, 5.74) is 1.28. The zero-order chi connectivity index (χ0) is 14.1. The molecule has 1 aromatic rings. The van der Waals surface area contributed by atoms with Crippen LogP contribution in [0.3, 0.4) is 0 Å². The standard InChI is InChI=1S/C16H22N2O2/c1-10-5-4-8-13(15(10)19)18-16(20)14-9-11-6-2-3-7-12(11)17-14/h4-5,8,11-12,14,17,19H,2-3,6-7,9H2,1H3,(H,18,20). The molecule has 0 radical (unpaired) electrons. The van der Waals surface area contributed by atoms with Crippen LogP contribution in [0.15, 0.2) is 18.2 Å². The summed E-state index contributed by atoms with van der Waals surface area (Å²) >= 11 is 0. The van der Waals surface area contributed by atoms with Crippen molar-refractivity contribution in [1.82, 2.24) is 5.32 Å². The van der Waals surface area contributed by atoms with E-state index < -0.39 is 0 Å². The maximum Gasteiger partial charge on any atom is 0.241 e. The van der Waals surface area contributed by atoms with E-state index in [0.717, 1.165) is 12.0 Å². The topological polar surface area (TPSA) is 61.4 Å². The van der Waals surface area contributed by atoms with Crippen LogP contribution in [0.1, 0.15) is 37.7 Å². The lowest BCUT2D eigenvalue weighted by Gasteiger charge is -2.24. The molecule has 3 atom stereocenters. The Morgan fingerprint density at radius 1 is 1.35 bits per heavy atom. The number of carbonyl (C=O) groups excluding carboxylic acids is 1. The van der Waals surface area contributed by atoms with Crippen LogP contribution in [0.2, 0.25) is 0 Å². The van der Waals surface area contributed by atoms with Crippen molar-refractivity contribution in [2.45, 2.75) is 51.1 Å². The van der Waals surface area contributed by atoms with Gasteiger partial charge in [0, 0.05) is 6.04 Å². The van der Waals surface area contributed by atoms with Gasteiger partial charge in [0.25, 0.3) is 0 Å². The second-order valence-corrected chi connectivity index (χ2v) is 6.07. The Kier molecular flexibility index (Phi) is 3.66. The van der Waals surface area contributed by atoms with E-state index in [0.29, 0.717) is 17.6 Å². The summed E-state index contributed by atoms with van der Waals surface area (Å²) in [6.45, 7) is 1.83. The third-order valence-corrected chi connectivity index (χ3v) is 4.67. The van der Waals surface area contributed by atoms with Gasteiger partial charge in [0.15, 0.2) is 0 Å². The van der Waals surface area contributed by atoms with Crippen LogP contribution in [-0.2, 0) is 4.79 Å². The van der Waals surface area contributed by atoms with Gasteiger partial charge in [-0.05, 0) is 43.7 Å². The van der Waals surface area contributed by atoms with Gasteiger partial charge in [0.2, 0.25) is 5.91 Å². The number of hydrogen-bond acceptors (Lipinski definition) is 3.